The lowest BCUT2D eigenvalue weighted by Crippen LogP contribution is -2.37. The Morgan fingerprint density at radius 3 is 2.19 bits per heavy atom. The molecule has 0 aromatic heterocycles. The molecule has 0 saturated heterocycles. The number of unbranched alkanes of at least 4 members (excludes halogenated alkanes) is 7. The van der Waals surface area contributed by atoms with Gasteiger partial charge in [0.2, 0.25) is 0 Å². The van der Waals surface area contributed by atoms with Gasteiger partial charge in [0.1, 0.15) is 17.8 Å². The second-order valence-corrected chi connectivity index (χ2v) is 7.50. The predicted molar refractivity (Wildman–Crippen MR) is 107 cm³/mol. The zero-order chi connectivity index (χ0) is 19.5. The lowest BCUT2D eigenvalue weighted by atomic mass is 9.85. The van der Waals surface area contributed by atoms with Crippen molar-refractivity contribution >= 4 is 11.6 Å². The first kappa shape index (κ1) is 21.4. The van der Waals surface area contributed by atoms with Crippen molar-refractivity contribution in [1.29, 1.82) is 0 Å². The SMILES string of the molecule is O=C(CCCCCCCCCCc1ccccc1)C1C(=O)C(O)CC=C1O. The van der Waals surface area contributed by atoms with Gasteiger partial charge < -0.3 is 10.2 Å². The number of allylic oxidation sites excluding steroid dienone is 1. The molecule has 0 fully saturated rings. The molecule has 4 nitrogen and oxygen atoms in total. The van der Waals surface area contributed by atoms with Gasteiger partial charge in [-0.15, -0.1) is 0 Å². The van der Waals surface area contributed by atoms with Crippen molar-refractivity contribution in [2.45, 2.75) is 76.7 Å². The minimum absolute atomic E-state index is 0.0970. The Balaban J connectivity index is 1.47. The van der Waals surface area contributed by atoms with Gasteiger partial charge in [-0.1, -0.05) is 68.9 Å². The summed E-state index contributed by atoms with van der Waals surface area (Å²) >= 11 is 0. The third-order valence-corrected chi connectivity index (χ3v) is 5.26. The van der Waals surface area contributed by atoms with Crippen LogP contribution in [0.25, 0.3) is 0 Å². The number of carbonyl (C=O) groups is 2. The van der Waals surface area contributed by atoms with E-state index in [1.54, 1.807) is 0 Å². The number of benzene rings is 1. The Hall–Kier alpha value is -1.94. The quantitative estimate of drug-likeness (QED) is 0.412. The van der Waals surface area contributed by atoms with Crippen molar-refractivity contribution in [3.05, 3.63) is 47.7 Å². The minimum Gasteiger partial charge on any atom is -0.511 e. The summed E-state index contributed by atoms with van der Waals surface area (Å²) in [6.07, 6.45) is 10.7. The lowest BCUT2D eigenvalue weighted by Gasteiger charge is -2.21. The van der Waals surface area contributed by atoms with E-state index in [9.17, 15) is 19.8 Å². The topological polar surface area (TPSA) is 74.6 Å². The highest BCUT2D eigenvalue weighted by molar-refractivity contribution is 6.07. The summed E-state index contributed by atoms with van der Waals surface area (Å²) in [5, 5.41) is 19.3. The molecule has 0 heterocycles. The summed E-state index contributed by atoms with van der Waals surface area (Å²) in [6.45, 7) is 0. The number of hydrogen-bond acceptors (Lipinski definition) is 4. The molecule has 1 aliphatic carbocycles. The first-order valence-electron chi connectivity index (χ1n) is 10.3. The number of carbonyl (C=O) groups excluding carboxylic acids is 2. The molecule has 148 valence electrons. The van der Waals surface area contributed by atoms with E-state index in [0.29, 0.717) is 0 Å². The maximum atomic E-state index is 12.2. The standard InChI is InChI=1S/C23H32O4/c24-19(22-20(25)16-17-21(26)23(22)27)15-11-6-4-2-1-3-5-8-12-18-13-9-7-10-14-18/h7,9-10,13-14,16,21-22,25-26H,1-6,8,11-12,15,17H2. The molecule has 1 aromatic carbocycles. The molecule has 2 atom stereocenters. The Morgan fingerprint density at radius 1 is 0.926 bits per heavy atom. The molecule has 1 aromatic rings. The van der Waals surface area contributed by atoms with Gasteiger partial charge in [-0.3, -0.25) is 9.59 Å². The molecule has 2 unspecified atom stereocenters. The highest BCUT2D eigenvalue weighted by Gasteiger charge is 2.36. The number of ketones is 2. The van der Waals surface area contributed by atoms with Crippen molar-refractivity contribution in [2.24, 2.45) is 5.92 Å². The monoisotopic (exact) mass is 372 g/mol. The van der Waals surface area contributed by atoms with E-state index in [0.717, 1.165) is 25.7 Å². The first-order chi connectivity index (χ1) is 13.1. The van der Waals surface area contributed by atoms with E-state index in [1.807, 2.05) is 6.07 Å². The number of hydrogen-bond donors (Lipinski definition) is 2. The van der Waals surface area contributed by atoms with Crippen molar-refractivity contribution in [3.8, 4) is 0 Å². The van der Waals surface area contributed by atoms with Gasteiger partial charge in [0.15, 0.2) is 11.6 Å². The van der Waals surface area contributed by atoms with Crippen LogP contribution in [0.3, 0.4) is 0 Å². The highest BCUT2D eigenvalue weighted by Crippen LogP contribution is 2.23. The minimum atomic E-state index is -1.16. The van der Waals surface area contributed by atoms with Crippen molar-refractivity contribution < 1.29 is 19.8 Å². The van der Waals surface area contributed by atoms with Crippen LogP contribution in [0, 0.1) is 5.92 Å². The number of aliphatic hydroxyl groups excluding tert-OH is 2. The maximum absolute atomic E-state index is 12.2. The molecular weight excluding hydrogens is 340 g/mol. The average Bonchev–Trinajstić information content (AvgIpc) is 2.67. The van der Waals surface area contributed by atoms with Gasteiger partial charge in [0, 0.05) is 12.8 Å². The van der Waals surface area contributed by atoms with Crippen LogP contribution in [0.1, 0.15) is 69.8 Å². The molecule has 2 rings (SSSR count). The number of aryl methyl sites for hydroxylation is 1. The predicted octanol–water partition coefficient (Wildman–Crippen LogP) is 4.70. The molecule has 1 aliphatic rings. The molecule has 0 saturated carbocycles. The first-order valence-corrected chi connectivity index (χ1v) is 10.3. The Kier molecular flexibility index (Phi) is 9.26. The van der Waals surface area contributed by atoms with E-state index in [2.05, 4.69) is 24.3 Å². The van der Waals surface area contributed by atoms with E-state index in [4.69, 9.17) is 0 Å². The zero-order valence-electron chi connectivity index (χ0n) is 16.1. The van der Waals surface area contributed by atoms with E-state index in [-0.39, 0.29) is 24.4 Å². The molecule has 0 radical (unpaired) electrons. The summed E-state index contributed by atoms with van der Waals surface area (Å²) in [7, 11) is 0. The third-order valence-electron chi connectivity index (χ3n) is 5.26. The van der Waals surface area contributed by atoms with E-state index < -0.39 is 17.8 Å². The summed E-state index contributed by atoms with van der Waals surface area (Å²) in [4.78, 5) is 24.0. The number of Topliss-reactive ketones (excluding diaryl/α,β-unsaturated/α-hetero) is 2. The van der Waals surface area contributed by atoms with Gasteiger partial charge in [-0.05, 0) is 30.9 Å². The molecule has 0 bridgehead atoms. The van der Waals surface area contributed by atoms with Crippen LogP contribution in [0.2, 0.25) is 0 Å². The van der Waals surface area contributed by atoms with Gasteiger partial charge >= 0.3 is 0 Å². The largest absolute Gasteiger partial charge is 0.511 e. The normalized spacial score (nSPS) is 19.7. The number of rotatable bonds is 12. The van der Waals surface area contributed by atoms with Crippen LogP contribution in [0.5, 0.6) is 0 Å². The molecule has 0 amide bonds. The van der Waals surface area contributed by atoms with Crippen molar-refractivity contribution in [2.75, 3.05) is 0 Å². The summed E-state index contributed by atoms with van der Waals surface area (Å²) in [5.74, 6) is -2.16. The molecule has 2 N–H and O–H groups in total. The van der Waals surface area contributed by atoms with E-state index >= 15 is 0 Å². The molecule has 27 heavy (non-hydrogen) atoms. The van der Waals surface area contributed by atoms with Gasteiger partial charge in [0.05, 0.1) is 0 Å². The second kappa shape index (κ2) is 11.7. The fraction of sp³-hybridized carbons (Fsp3) is 0.565. The third kappa shape index (κ3) is 7.30. The Labute approximate surface area is 162 Å². The molecule has 4 heteroatoms. The number of aliphatic hydroxyl groups is 2. The van der Waals surface area contributed by atoms with Gasteiger partial charge in [-0.25, -0.2) is 0 Å². The second-order valence-electron chi connectivity index (χ2n) is 7.50. The van der Waals surface area contributed by atoms with Crippen LogP contribution in [0.4, 0.5) is 0 Å². The van der Waals surface area contributed by atoms with Crippen molar-refractivity contribution in [1.82, 2.24) is 0 Å². The van der Waals surface area contributed by atoms with Crippen LogP contribution in [0.15, 0.2) is 42.2 Å². The van der Waals surface area contributed by atoms with Gasteiger partial charge in [0.25, 0.3) is 0 Å². The maximum Gasteiger partial charge on any atom is 0.179 e. The average molecular weight is 373 g/mol. The van der Waals surface area contributed by atoms with E-state index in [1.165, 1.54) is 43.7 Å². The van der Waals surface area contributed by atoms with Crippen LogP contribution >= 0.6 is 0 Å². The molecular formula is C23H32O4. The van der Waals surface area contributed by atoms with Crippen LogP contribution < -0.4 is 0 Å². The van der Waals surface area contributed by atoms with Crippen molar-refractivity contribution in [3.63, 3.8) is 0 Å². The molecule has 0 aliphatic heterocycles. The summed E-state index contributed by atoms with van der Waals surface area (Å²) < 4.78 is 0. The fourth-order valence-electron chi connectivity index (χ4n) is 3.61. The smallest absolute Gasteiger partial charge is 0.179 e. The van der Waals surface area contributed by atoms with Crippen LogP contribution in [-0.2, 0) is 16.0 Å². The van der Waals surface area contributed by atoms with Crippen LogP contribution in [-0.4, -0.2) is 27.9 Å². The lowest BCUT2D eigenvalue weighted by molar-refractivity contribution is -0.138. The Bertz CT molecular complexity index is 621. The summed E-state index contributed by atoms with van der Waals surface area (Å²) in [5.41, 5.74) is 1.41. The highest BCUT2D eigenvalue weighted by atomic mass is 16.3. The summed E-state index contributed by atoms with van der Waals surface area (Å²) in [6, 6.07) is 10.6. The van der Waals surface area contributed by atoms with Gasteiger partial charge in [-0.2, -0.15) is 0 Å². The zero-order valence-corrected chi connectivity index (χ0v) is 16.1. The fourth-order valence-corrected chi connectivity index (χ4v) is 3.61. The Morgan fingerprint density at radius 2 is 1.52 bits per heavy atom. The molecule has 0 spiro atoms.